The van der Waals surface area contributed by atoms with Crippen molar-refractivity contribution in [2.24, 2.45) is 4.99 Å². The highest BCUT2D eigenvalue weighted by atomic mass is 35.5. The lowest BCUT2D eigenvalue weighted by Crippen LogP contribution is -2.19. The number of amidine groups is 1. The third-order valence-electron chi connectivity index (χ3n) is 4.66. The third kappa shape index (κ3) is 5.00. The van der Waals surface area contributed by atoms with Crippen LogP contribution in [0.4, 0.5) is 11.4 Å². The molecule has 7 nitrogen and oxygen atoms in total. The number of thioether (sulfide) groups is 1. The van der Waals surface area contributed by atoms with E-state index < -0.39 is 4.92 Å². The number of hydrogen-bond acceptors (Lipinski definition) is 8. The Hall–Kier alpha value is -3.18. The highest BCUT2D eigenvalue weighted by Gasteiger charge is 2.24. The first-order valence-corrected chi connectivity index (χ1v) is 12.6. The number of para-hydroxylation sites is 1. The van der Waals surface area contributed by atoms with Gasteiger partial charge in [0.1, 0.15) is 0 Å². The second kappa shape index (κ2) is 9.59. The van der Waals surface area contributed by atoms with E-state index in [2.05, 4.69) is 15.3 Å². The summed E-state index contributed by atoms with van der Waals surface area (Å²) >= 11 is 9.80. The molecule has 2 heterocycles. The van der Waals surface area contributed by atoms with E-state index in [0.717, 1.165) is 14.6 Å². The molecule has 0 unspecified atom stereocenters. The molecule has 1 aliphatic heterocycles. The van der Waals surface area contributed by atoms with Crippen LogP contribution in [0.1, 0.15) is 5.56 Å². The molecule has 34 heavy (non-hydrogen) atoms. The quantitative estimate of drug-likeness (QED) is 0.173. The number of benzene rings is 3. The molecule has 0 bridgehead atoms. The van der Waals surface area contributed by atoms with Gasteiger partial charge in [-0.25, -0.2) is 9.98 Å². The highest BCUT2D eigenvalue weighted by Crippen LogP contribution is 2.39. The van der Waals surface area contributed by atoms with Gasteiger partial charge in [-0.05, 0) is 65.9 Å². The van der Waals surface area contributed by atoms with Crippen molar-refractivity contribution < 1.29 is 9.72 Å². The fourth-order valence-corrected chi connectivity index (χ4v) is 6.18. The fraction of sp³-hybridized carbons (Fsp3) is 0. The molecule has 0 atom stereocenters. The van der Waals surface area contributed by atoms with Crippen LogP contribution in [0.3, 0.4) is 0 Å². The number of hydrogen-bond donors (Lipinski definition) is 1. The van der Waals surface area contributed by atoms with Crippen molar-refractivity contribution in [3.63, 3.8) is 0 Å². The molecule has 168 valence electrons. The predicted molar refractivity (Wildman–Crippen MR) is 139 cm³/mol. The molecule has 0 spiro atoms. The summed E-state index contributed by atoms with van der Waals surface area (Å²) in [6.07, 6.45) is 1.61. The molecule has 0 radical (unpaired) electrons. The fourth-order valence-electron chi connectivity index (χ4n) is 3.11. The minimum absolute atomic E-state index is 0.0444. The van der Waals surface area contributed by atoms with E-state index in [9.17, 15) is 14.9 Å². The van der Waals surface area contributed by atoms with E-state index >= 15 is 0 Å². The van der Waals surface area contributed by atoms with Gasteiger partial charge in [-0.3, -0.25) is 14.9 Å². The number of thiazole rings is 1. The molecule has 1 amide bonds. The standard InChI is InChI=1S/C23H13ClN4O3S3/c24-14-6-8-15(9-7-14)25-22-27-21(29)20(32-22)12-13-5-10-19(17(11-13)28(30)31)34-23-26-16-3-1-2-4-18(16)33-23/h1-12H,(H,25,27,29)/b20-12-. The number of nitrogens with one attached hydrogen (secondary N) is 1. The summed E-state index contributed by atoms with van der Waals surface area (Å²) in [6.45, 7) is 0. The lowest BCUT2D eigenvalue weighted by molar-refractivity contribution is -0.387. The van der Waals surface area contributed by atoms with E-state index in [1.807, 2.05) is 24.3 Å². The highest BCUT2D eigenvalue weighted by molar-refractivity contribution is 8.18. The van der Waals surface area contributed by atoms with Crippen LogP contribution in [-0.4, -0.2) is 21.0 Å². The Bertz CT molecular complexity index is 1470. The number of nitro groups is 1. The van der Waals surface area contributed by atoms with Crippen molar-refractivity contribution in [3.05, 3.63) is 92.3 Å². The van der Waals surface area contributed by atoms with Gasteiger partial charge in [-0.1, -0.05) is 41.6 Å². The summed E-state index contributed by atoms with van der Waals surface area (Å²) in [4.78, 5) is 33.6. The summed E-state index contributed by atoms with van der Waals surface area (Å²) in [5.41, 5.74) is 2.02. The number of aromatic nitrogens is 1. The molecule has 3 aromatic carbocycles. The van der Waals surface area contributed by atoms with Crippen LogP contribution in [-0.2, 0) is 4.79 Å². The zero-order valence-corrected chi connectivity index (χ0v) is 20.3. The van der Waals surface area contributed by atoms with E-state index in [-0.39, 0.29) is 11.6 Å². The lowest BCUT2D eigenvalue weighted by atomic mass is 10.2. The second-order valence-electron chi connectivity index (χ2n) is 6.99. The SMILES string of the molecule is O=C1NC(=Nc2ccc(Cl)cc2)S/C1=C\c1ccc(Sc2nc3ccccc3s2)c([N+](=O)[O-])c1. The maximum absolute atomic E-state index is 12.4. The molecule has 1 aliphatic rings. The molecule has 1 fully saturated rings. The third-order valence-corrected chi connectivity index (χ3v) is 7.98. The Kier molecular flexibility index (Phi) is 6.38. The van der Waals surface area contributed by atoms with Gasteiger partial charge in [0.15, 0.2) is 9.51 Å². The molecule has 4 aromatic rings. The number of carbonyl (C=O) groups excluding carboxylic acids is 1. The van der Waals surface area contributed by atoms with E-state index in [4.69, 9.17) is 11.6 Å². The molecule has 1 N–H and O–H groups in total. The van der Waals surface area contributed by atoms with Gasteiger partial charge in [0.25, 0.3) is 11.6 Å². The van der Waals surface area contributed by atoms with Crippen molar-refractivity contribution in [3.8, 4) is 0 Å². The number of rotatable bonds is 5. The average molecular weight is 525 g/mol. The van der Waals surface area contributed by atoms with Gasteiger partial charge >= 0.3 is 0 Å². The van der Waals surface area contributed by atoms with Gasteiger partial charge in [0, 0.05) is 11.1 Å². The van der Waals surface area contributed by atoms with Gasteiger partial charge in [0.2, 0.25) is 0 Å². The molecule has 5 rings (SSSR count). The van der Waals surface area contributed by atoms with Gasteiger partial charge in [-0.15, -0.1) is 11.3 Å². The maximum Gasteiger partial charge on any atom is 0.283 e. The monoisotopic (exact) mass is 524 g/mol. The largest absolute Gasteiger partial charge is 0.300 e. The van der Waals surface area contributed by atoms with Crippen LogP contribution in [0.25, 0.3) is 16.3 Å². The second-order valence-corrected chi connectivity index (χ2v) is 10.8. The Morgan fingerprint density at radius 2 is 1.91 bits per heavy atom. The Morgan fingerprint density at radius 3 is 2.68 bits per heavy atom. The maximum atomic E-state index is 12.4. The lowest BCUT2D eigenvalue weighted by Gasteiger charge is -2.02. The summed E-state index contributed by atoms with van der Waals surface area (Å²) in [5.74, 6) is -0.312. The Morgan fingerprint density at radius 1 is 1.12 bits per heavy atom. The first-order valence-electron chi connectivity index (χ1n) is 9.82. The number of fused-ring (bicyclic) bond motifs is 1. The minimum atomic E-state index is -0.424. The minimum Gasteiger partial charge on any atom is -0.300 e. The number of nitro benzene ring substituents is 1. The molecule has 11 heteroatoms. The molecule has 0 saturated carbocycles. The molecule has 0 aliphatic carbocycles. The summed E-state index contributed by atoms with van der Waals surface area (Å²) in [7, 11) is 0. The summed E-state index contributed by atoms with van der Waals surface area (Å²) < 4.78 is 1.75. The Balaban J connectivity index is 1.39. The molecular weight excluding hydrogens is 512 g/mol. The zero-order valence-electron chi connectivity index (χ0n) is 17.1. The van der Waals surface area contributed by atoms with Crippen LogP contribution < -0.4 is 5.32 Å². The number of amides is 1. The van der Waals surface area contributed by atoms with Crippen LogP contribution in [0.15, 0.2) is 85.9 Å². The van der Waals surface area contributed by atoms with Crippen LogP contribution >= 0.6 is 46.5 Å². The van der Waals surface area contributed by atoms with Gasteiger partial charge in [0.05, 0.1) is 30.6 Å². The van der Waals surface area contributed by atoms with Crippen LogP contribution in [0.5, 0.6) is 0 Å². The van der Waals surface area contributed by atoms with Gasteiger partial charge in [-0.2, -0.15) is 0 Å². The topological polar surface area (TPSA) is 97.5 Å². The first kappa shape index (κ1) is 22.6. The van der Waals surface area contributed by atoms with Crippen LogP contribution in [0.2, 0.25) is 5.02 Å². The smallest absolute Gasteiger partial charge is 0.283 e. The molecule has 1 saturated heterocycles. The number of carbonyl (C=O) groups is 1. The van der Waals surface area contributed by atoms with Gasteiger partial charge < -0.3 is 5.32 Å². The average Bonchev–Trinajstić information content (AvgIpc) is 3.38. The van der Waals surface area contributed by atoms with E-state index in [1.165, 1.54) is 40.9 Å². The van der Waals surface area contributed by atoms with E-state index in [0.29, 0.717) is 31.2 Å². The normalized spacial score (nSPS) is 15.9. The number of halogens is 1. The van der Waals surface area contributed by atoms with Crippen molar-refractivity contribution >= 4 is 85.2 Å². The van der Waals surface area contributed by atoms with Crippen molar-refractivity contribution in [1.29, 1.82) is 0 Å². The van der Waals surface area contributed by atoms with Crippen LogP contribution in [0, 0.1) is 10.1 Å². The first-order chi connectivity index (χ1) is 16.4. The van der Waals surface area contributed by atoms with E-state index in [1.54, 1.807) is 42.5 Å². The predicted octanol–water partition coefficient (Wildman–Crippen LogP) is 6.90. The molecule has 1 aromatic heterocycles. The van der Waals surface area contributed by atoms with Crippen molar-refractivity contribution in [2.45, 2.75) is 9.24 Å². The molecular formula is C23H13ClN4O3S3. The summed E-state index contributed by atoms with van der Waals surface area (Å²) in [6, 6.07) is 19.5. The summed E-state index contributed by atoms with van der Waals surface area (Å²) in [5, 5.41) is 15.5. The zero-order chi connectivity index (χ0) is 23.7. The van der Waals surface area contributed by atoms with Crippen molar-refractivity contribution in [2.75, 3.05) is 0 Å². The number of nitrogens with zero attached hydrogens (tertiary/aromatic N) is 3. The van der Waals surface area contributed by atoms with Crippen molar-refractivity contribution in [1.82, 2.24) is 10.3 Å². The number of aliphatic imine (C=N–C) groups is 1. The Labute approximate surface area is 211 Å².